The van der Waals surface area contributed by atoms with Crippen LogP contribution in [0.1, 0.15) is 65.2 Å². The van der Waals surface area contributed by atoms with Crippen LogP contribution in [-0.4, -0.2) is 17.8 Å². The smallest absolute Gasteiger partial charge is 0.107 e. The molecule has 0 fully saturated rings. The molecule has 0 aliphatic rings. The van der Waals surface area contributed by atoms with E-state index >= 15 is 0 Å². The van der Waals surface area contributed by atoms with Gasteiger partial charge in [0, 0.05) is 0 Å². The Morgan fingerprint density at radius 2 is 1.07 bits per heavy atom. The molecule has 0 aliphatic carbocycles. The molecule has 0 amide bonds. The maximum absolute atomic E-state index is 2.46. The van der Waals surface area contributed by atoms with Crippen molar-refractivity contribution in [2.24, 2.45) is 0 Å². The first-order valence-electron chi connectivity index (χ1n) is 6.40. The summed E-state index contributed by atoms with van der Waals surface area (Å²) >= 11 is 0. The molecule has 0 saturated heterocycles. The van der Waals surface area contributed by atoms with Crippen LogP contribution in [0.2, 0.25) is 0 Å². The van der Waals surface area contributed by atoms with Gasteiger partial charge < -0.3 is 24.0 Å². The molecule has 0 radical (unpaired) electrons. The predicted molar refractivity (Wildman–Crippen MR) is 71.3 cm³/mol. The van der Waals surface area contributed by atoms with Crippen molar-refractivity contribution in [3.8, 4) is 0 Å². The van der Waals surface area contributed by atoms with E-state index in [1.807, 2.05) is 0 Å². The van der Waals surface area contributed by atoms with Crippen molar-refractivity contribution in [2.75, 3.05) is 17.8 Å². The van der Waals surface area contributed by atoms with Gasteiger partial charge in [0.1, 0.15) is 11.5 Å². The molecule has 0 heterocycles. The van der Waals surface area contributed by atoms with Crippen LogP contribution in [0.3, 0.4) is 0 Å². The lowest BCUT2D eigenvalue weighted by Gasteiger charge is -2.03. The van der Waals surface area contributed by atoms with Gasteiger partial charge in [-0.25, -0.2) is 0 Å². The molecule has 94 valence electrons. The van der Waals surface area contributed by atoms with Crippen molar-refractivity contribution >= 4 is 10.9 Å². The fourth-order valence-electron chi connectivity index (χ4n) is 1.65. The van der Waals surface area contributed by atoms with E-state index in [4.69, 9.17) is 0 Å². The summed E-state index contributed by atoms with van der Waals surface area (Å²) in [6.07, 6.45) is 13.9. The van der Waals surface area contributed by atoms with Crippen molar-refractivity contribution in [3.05, 3.63) is 0 Å². The molecule has 0 rings (SSSR count). The Morgan fingerprint density at radius 1 is 0.667 bits per heavy atom. The van der Waals surface area contributed by atoms with Crippen LogP contribution in [-0.2, 0) is 10.9 Å². The molecule has 0 aromatic rings. The lowest BCUT2D eigenvalue weighted by atomic mass is 10.2. The SMILES string of the molecule is CCCCCC[S+](C)CCCCCC.[I-]. The molecule has 0 aromatic carbocycles. The molecule has 0 aromatic heterocycles. The van der Waals surface area contributed by atoms with E-state index in [-0.39, 0.29) is 24.0 Å². The fourth-order valence-corrected chi connectivity index (χ4v) is 3.25. The standard InChI is InChI=1S/C13H29S.HI/c1-4-6-8-10-12-14(3)13-11-9-7-5-2;/h4-13H2,1-3H3;1H/q+1;/p-1. The first-order chi connectivity index (χ1) is 6.81. The van der Waals surface area contributed by atoms with E-state index in [0.29, 0.717) is 0 Å². The zero-order valence-corrected chi connectivity index (χ0v) is 13.8. The van der Waals surface area contributed by atoms with Crippen molar-refractivity contribution < 1.29 is 24.0 Å². The summed E-state index contributed by atoms with van der Waals surface area (Å²) in [5.41, 5.74) is 0. The van der Waals surface area contributed by atoms with E-state index in [1.165, 1.54) is 62.9 Å². The van der Waals surface area contributed by atoms with E-state index in [2.05, 4.69) is 20.1 Å². The Morgan fingerprint density at radius 3 is 1.40 bits per heavy atom. The number of rotatable bonds is 10. The third-order valence-electron chi connectivity index (χ3n) is 2.69. The van der Waals surface area contributed by atoms with Crippen LogP contribution in [0.25, 0.3) is 0 Å². The van der Waals surface area contributed by atoms with Crippen LogP contribution in [0.5, 0.6) is 0 Å². The minimum Gasteiger partial charge on any atom is -1.00 e. The second-order valence-electron chi connectivity index (χ2n) is 4.31. The van der Waals surface area contributed by atoms with E-state index in [0.717, 1.165) is 10.9 Å². The number of unbranched alkanes of at least 4 members (excludes halogenated alkanes) is 6. The number of hydrogen-bond donors (Lipinski definition) is 0. The highest BCUT2D eigenvalue weighted by molar-refractivity contribution is 7.96. The average Bonchev–Trinajstić information content (AvgIpc) is 2.19. The van der Waals surface area contributed by atoms with Gasteiger partial charge in [0.25, 0.3) is 0 Å². The second kappa shape index (κ2) is 15.1. The zero-order valence-electron chi connectivity index (χ0n) is 10.9. The Labute approximate surface area is 117 Å². The Bertz CT molecular complexity index is 94.7. The molecule has 0 bridgehead atoms. The summed E-state index contributed by atoms with van der Waals surface area (Å²) in [6.45, 7) is 4.58. The largest absolute Gasteiger partial charge is 1.00 e. The first-order valence-corrected chi connectivity index (χ1v) is 8.37. The van der Waals surface area contributed by atoms with Gasteiger partial charge in [-0.15, -0.1) is 0 Å². The average molecular weight is 344 g/mol. The van der Waals surface area contributed by atoms with Crippen LogP contribution >= 0.6 is 0 Å². The summed E-state index contributed by atoms with van der Waals surface area (Å²) in [6, 6.07) is 0. The van der Waals surface area contributed by atoms with Crippen LogP contribution in [0, 0.1) is 0 Å². The van der Waals surface area contributed by atoms with Crippen LogP contribution < -0.4 is 24.0 Å². The highest BCUT2D eigenvalue weighted by atomic mass is 127. The van der Waals surface area contributed by atoms with Crippen LogP contribution in [0.15, 0.2) is 0 Å². The normalized spacial score (nSPS) is 10.4. The van der Waals surface area contributed by atoms with Gasteiger partial charge >= 0.3 is 0 Å². The molecule has 0 N–H and O–H groups in total. The monoisotopic (exact) mass is 344 g/mol. The van der Waals surface area contributed by atoms with E-state index in [9.17, 15) is 0 Å². The Balaban J connectivity index is 0. The fraction of sp³-hybridized carbons (Fsp3) is 1.00. The van der Waals surface area contributed by atoms with Crippen molar-refractivity contribution in [2.45, 2.75) is 65.2 Å². The molecule has 0 spiro atoms. The lowest BCUT2D eigenvalue weighted by molar-refractivity contribution is -0.00000326. The third-order valence-corrected chi connectivity index (χ3v) is 4.66. The van der Waals surface area contributed by atoms with Gasteiger partial charge in [-0.2, -0.15) is 0 Å². The van der Waals surface area contributed by atoms with Crippen molar-refractivity contribution in [1.82, 2.24) is 0 Å². The van der Waals surface area contributed by atoms with Crippen molar-refractivity contribution in [1.29, 1.82) is 0 Å². The number of halogens is 1. The quantitative estimate of drug-likeness (QED) is 0.319. The van der Waals surface area contributed by atoms with Crippen molar-refractivity contribution in [3.63, 3.8) is 0 Å². The third kappa shape index (κ3) is 15.1. The summed E-state index contributed by atoms with van der Waals surface area (Å²) in [4.78, 5) is 0. The first kappa shape index (κ1) is 18.4. The Kier molecular flexibility index (Phi) is 18.5. The maximum atomic E-state index is 2.46. The highest BCUT2D eigenvalue weighted by Gasteiger charge is 2.08. The summed E-state index contributed by atoms with van der Waals surface area (Å²) in [7, 11) is 0.723. The van der Waals surface area contributed by atoms with Gasteiger partial charge in [-0.1, -0.05) is 39.5 Å². The molecular weight excluding hydrogens is 315 g/mol. The molecule has 2 heteroatoms. The van der Waals surface area contributed by atoms with Crippen LogP contribution in [0.4, 0.5) is 0 Å². The topological polar surface area (TPSA) is 0 Å². The molecule has 0 saturated carbocycles. The predicted octanol–water partition coefficient (Wildman–Crippen LogP) is 1.40. The molecule has 0 atom stereocenters. The van der Waals surface area contributed by atoms with Gasteiger partial charge in [0.15, 0.2) is 0 Å². The van der Waals surface area contributed by atoms with E-state index in [1.54, 1.807) is 0 Å². The summed E-state index contributed by atoms with van der Waals surface area (Å²) in [5, 5.41) is 0. The molecule has 0 nitrogen and oxygen atoms in total. The van der Waals surface area contributed by atoms with E-state index < -0.39 is 0 Å². The molecule has 0 unspecified atom stereocenters. The number of hydrogen-bond acceptors (Lipinski definition) is 0. The lowest BCUT2D eigenvalue weighted by Crippen LogP contribution is -3.00. The maximum Gasteiger partial charge on any atom is 0.107 e. The highest BCUT2D eigenvalue weighted by Crippen LogP contribution is 2.07. The minimum atomic E-state index is 0. The van der Waals surface area contributed by atoms with Gasteiger partial charge in [0.05, 0.1) is 6.26 Å². The summed E-state index contributed by atoms with van der Waals surface area (Å²) < 4.78 is 0. The van der Waals surface area contributed by atoms with Gasteiger partial charge in [-0.3, -0.25) is 0 Å². The van der Waals surface area contributed by atoms with Gasteiger partial charge in [-0.05, 0) is 36.6 Å². The van der Waals surface area contributed by atoms with Gasteiger partial charge in [0.2, 0.25) is 0 Å². The minimum absolute atomic E-state index is 0. The zero-order chi connectivity index (χ0) is 10.6. The molecular formula is C13H29IS. The Hall–Kier alpha value is 1.08. The molecule has 0 aliphatic heterocycles. The second-order valence-corrected chi connectivity index (χ2v) is 6.69. The molecule has 15 heavy (non-hydrogen) atoms. The summed E-state index contributed by atoms with van der Waals surface area (Å²) in [5.74, 6) is 2.98.